The molecule has 3 N–H and O–H groups in total. The van der Waals surface area contributed by atoms with Crippen molar-refractivity contribution >= 4 is 16.6 Å². The van der Waals surface area contributed by atoms with Crippen molar-refractivity contribution in [2.45, 2.75) is 26.8 Å². The van der Waals surface area contributed by atoms with E-state index < -0.39 is 0 Å². The average Bonchev–Trinajstić information content (AvgIpc) is 2.57. The number of ketones is 1. The lowest BCUT2D eigenvalue weighted by Gasteiger charge is -2.12. The number of aromatic nitrogens is 1. The van der Waals surface area contributed by atoms with Gasteiger partial charge in [0.25, 0.3) is 5.56 Å². The van der Waals surface area contributed by atoms with Crippen LogP contribution in [0.5, 0.6) is 0 Å². The molecule has 0 amide bonds. The van der Waals surface area contributed by atoms with Crippen LogP contribution in [0.15, 0.2) is 47.4 Å². The first-order valence-corrected chi connectivity index (χ1v) is 7.92. The highest BCUT2D eigenvalue weighted by atomic mass is 16.1. The van der Waals surface area contributed by atoms with E-state index in [4.69, 9.17) is 5.73 Å². The summed E-state index contributed by atoms with van der Waals surface area (Å²) in [6, 6.07) is 10.8. The smallest absolute Gasteiger partial charge is 0.255 e. The van der Waals surface area contributed by atoms with Gasteiger partial charge in [-0.05, 0) is 43.5 Å². The summed E-state index contributed by atoms with van der Waals surface area (Å²) < 4.78 is 0. The van der Waals surface area contributed by atoms with E-state index in [2.05, 4.69) is 4.98 Å². The van der Waals surface area contributed by atoms with Crippen LogP contribution >= 0.6 is 0 Å². The molecule has 0 aliphatic rings. The summed E-state index contributed by atoms with van der Waals surface area (Å²) in [4.78, 5) is 27.8. The second-order valence-corrected chi connectivity index (χ2v) is 6.22. The van der Waals surface area contributed by atoms with Crippen molar-refractivity contribution in [1.29, 1.82) is 0 Å². The van der Waals surface area contributed by atoms with Gasteiger partial charge in [0.15, 0.2) is 5.78 Å². The SMILES string of the molecule is Cc1cc([C@@H](C)N)ccc1C(=O)c1cccc2c(=O)[nH]cc(C)c12. The number of pyridine rings is 1. The normalized spacial score (nSPS) is 12.3. The zero-order valence-corrected chi connectivity index (χ0v) is 14.0. The molecule has 3 aromatic rings. The molecule has 0 spiro atoms. The molecule has 1 heterocycles. The Hall–Kier alpha value is -2.72. The van der Waals surface area contributed by atoms with Gasteiger partial charge < -0.3 is 10.7 Å². The van der Waals surface area contributed by atoms with Crippen LogP contribution in [0.3, 0.4) is 0 Å². The van der Waals surface area contributed by atoms with Gasteiger partial charge in [0.1, 0.15) is 0 Å². The highest BCUT2D eigenvalue weighted by Crippen LogP contribution is 2.24. The number of nitrogens with one attached hydrogen (secondary N) is 1. The lowest BCUT2D eigenvalue weighted by molar-refractivity contribution is 0.103. The number of hydrogen-bond acceptors (Lipinski definition) is 3. The van der Waals surface area contributed by atoms with Gasteiger partial charge in [-0.15, -0.1) is 0 Å². The van der Waals surface area contributed by atoms with E-state index in [9.17, 15) is 9.59 Å². The minimum absolute atomic E-state index is 0.0776. The molecule has 4 heteroatoms. The van der Waals surface area contributed by atoms with Crippen LogP contribution < -0.4 is 11.3 Å². The second kappa shape index (κ2) is 6.06. The largest absolute Gasteiger partial charge is 0.328 e. The highest BCUT2D eigenvalue weighted by Gasteiger charge is 2.17. The lowest BCUT2D eigenvalue weighted by atomic mass is 9.92. The van der Waals surface area contributed by atoms with Gasteiger partial charge in [0.2, 0.25) is 0 Å². The average molecular weight is 320 g/mol. The molecule has 0 radical (unpaired) electrons. The van der Waals surface area contributed by atoms with Crippen LogP contribution in [0.4, 0.5) is 0 Å². The molecule has 4 nitrogen and oxygen atoms in total. The summed E-state index contributed by atoms with van der Waals surface area (Å²) in [6.45, 7) is 5.71. The first kappa shape index (κ1) is 16.1. The number of carbonyl (C=O) groups excluding carboxylic acids is 1. The van der Waals surface area contributed by atoms with Crippen molar-refractivity contribution in [3.05, 3.63) is 80.8 Å². The maximum atomic E-state index is 13.1. The molecule has 0 fully saturated rings. The monoisotopic (exact) mass is 320 g/mol. The van der Waals surface area contributed by atoms with Crippen LogP contribution in [-0.4, -0.2) is 10.8 Å². The molecule has 2 aromatic carbocycles. The van der Waals surface area contributed by atoms with Gasteiger partial charge in [-0.2, -0.15) is 0 Å². The fourth-order valence-corrected chi connectivity index (χ4v) is 3.05. The predicted molar refractivity (Wildman–Crippen MR) is 96.5 cm³/mol. The van der Waals surface area contributed by atoms with Crippen molar-refractivity contribution in [3.63, 3.8) is 0 Å². The number of carbonyl (C=O) groups is 1. The topological polar surface area (TPSA) is 76.0 Å². The van der Waals surface area contributed by atoms with E-state index in [0.29, 0.717) is 21.9 Å². The first-order chi connectivity index (χ1) is 11.4. The molecule has 0 aliphatic carbocycles. The lowest BCUT2D eigenvalue weighted by Crippen LogP contribution is -2.11. The number of rotatable bonds is 3. The van der Waals surface area contributed by atoms with E-state index in [1.807, 2.05) is 39.0 Å². The second-order valence-electron chi connectivity index (χ2n) is 6.22. The molecule has 0 unspecified atom stereocenters. The fraction of sp³-hybridized carbons (Fsp3) is 0.200. The van der Waals surface area contributed by atoms with E-state index in [1.54, 1.807) is 24.4 Å². The summed E-state index contributed by atoms with van der Waals surface area (Å²) in [5, 5.41) is 1.24. The fourth-order valence-electron chi connectivity index (χ4n) is 3.05. The molecular formula is C20H20N2O2. The first-order valence-electron chi connectivity index (χ1n) is 7.92. The minimum Gasteiger partial charge on any atom is -0.328 e. The van der Waals surface area contributed by atoms with Crippen molar-refractivity contribution in [2.24, 2.45) is 5.73 Å². The zero-order valence-electron chi connectivity index (χ0n) is 14.0. The Labute approximate surface area is 140 Å². The Balaban J connectivity index is 2.20. The minimum atomic E-state index is -0.186. The van der Waals surface area contributed by atoms with Gasteiger partial charge in [-0.3, -0.25) is 9.59 Å². The molecule has 122 valence electrons. The maximum absolute atomic E-state index is 13.1. The molecule has 3 rings (SSSR count). The molecule has 0 bridgehead atoms. The Bertz CT molecular complexity index is 1000. The van der Waals surface area contributed by atoms with E-state index in [-0.39, 0.29) is 17.4 Å². The number of hydrogen-bond donors (Lipinski definition) is 2. The number of fused-ring (bicyclic) bond motifs is 1. The number of aromatic amines is 1. The van der Waals surface area contributed by atoms with Crippen LogP contribution in [0, 0.1) is 13.8 Å². The molecule has 1 atom stereocenters. The third-order valence-corrected chi connectivity index (χ3v) is 4.39. The van der Waals surface area contributed by atoms with Crippen LogP contribution in [0.1, 0.15) is 45.6 Å². The summed E-state index contributed by atoms with van der Waals surface area (Å²) in [6.07, 6.45) is 1.65. The maximum Gasteiger partial charge on any atom is 0.255 e. The Morgan fingerprint density at radius 1 is 1.08 bits per heavy atom. The van der Waals surface area contributed by atoms with Crippen molar-refractivity contribution in [3.8, 4) is 0 Å². The number of nitrogens with two attached hydrogens (primary N) is 1. The standard InChI is InChI=1S/C20H20N2O2/c1-11-9-14(13(3)21)7-8-15(11)19(23)16-5-4-6-17-18(16)12(2)10-22-20(17)24/h4-10,13H,21H2,1-3H3,(H,22,24)/t13-/m1/s1. The molecule has 0 aliphatic heterocycles. The van der Waals surface area contributed by atoms with E-state index >= 15 is 0 Å². The predicted octanol–water partition coefficient (Wildman–Crippen LogP) is 3.40. The third-order valence-electron chi connectivity index (χ3n) is 4.39. The Morgan fingerprint density at radius 2 is 1.83 bits per heavy atom. The van der Waals surface area contributed by atoms with E-state index in [0.717, 1.165) is 16.7 Å². The quantitative estimate of drug-likeness (QED) is 0.726. The Kier molecular flexibility index (Phi) is 4.08. The van der Waals surface area contributed by atoms with Gasteiger partial charge >= 0.3 is 0 Å². The van der Waals surface area contributed by atoms with Crippen LogP contribution in [0.2, 0.25) is 0 Å². The van der Waals surface area contributed by atoms with Gasteiger partial charge in [0, 0.05) is 34.1 Å². The van der Waals surface area contributed by atoms with Crippen LogP contribution in [-0.2, 0) is 0 Å². The molecule has 24 heavy (non-hydrogen) atoms. The van der Waals surface area contributed by atoms with E-state index in [1.165, 1.54) is 0 Å². The molecule has 0 saturated heterocycles. The number of benzene rings is 2. The van der Waals surface area contributed by atoms with Crippen molar-refractivity contribution < 1.29 is 4.79 Å². The summed E-state index contributed by atoms with van der Waals surface area (Å²) >= 11 is 0. The van der Waals surface area contributed by atoms with Crippen molar-refractivity contribution in [2.75, 3.05) is 0 Å². The molecule has 1 aromatic heterocycles. The number of aryl methyl sites for hydroxylation is 2. The number of H-pyrrole nitrogens is 1. The van der Waals surface area contributed by atoms with Gasteiger partial charge in [-0.25, -0.2) is 0 Å². The zero-order chi connectivity index (χ0) is 17.4. The van der Waals surface area contributed by atoms with Crippen LogP contribution in [0.25, 0.3) is 10.8 Å². The molecule has 0 saturated carbocycles. The Morgan fingerprint density at radius 3 is 2.50 bits per heavy atom. The van der Waals surface area contributed by atoms with Gasteiger partial charge in [0.05, 0.1) is 0 Å². The summed E-state index contributed by atoms with van der Waals surface area (Å²) in [5.74, 6) is -0.0805. The summed E-state index contributed by atoms with van der Waals surface area (Å²) in [5.41, 5.74) is 9.65. The molecular weight excluding hydrogens is 300 g/mol. The van der Waals surface area contributed by atoms with Crippen molar-refractivity contribution in [1.82, 2.24) is 4.98 Å². The highest BCUT2D eigenvalue weighted by molar-refractivity contribution is 6.17. The van der Waals surface area contributed by atoms with Gasteiger partial charge in [-0.1, -0.05) is 30.3 Å². The third kappa shape index (κ3) is 2.65. The summed E-state index contributed by atoms with van der Waals surface area (Å²) in [7, 11) is 0.